The van der Waals surface area contributed by atoms with E-state index < -0.39 is 5.91 Å². The summed E-state index contributed by atoms with van der Waals surface area (Å²) < 4.78 is 7.40. The Bertz CT molecular complexity index is 901. The molecule has 0 fully saturated rings. The lowest BCUT2D eigenvalue weighted by molar-refractivity contribution is -0.112. The van der Waals surface area contributed by atoms with Gasteiger partial charge >= 0.3 is 0 Å². The summed E-state index contributed by atoms with van der Waals surface area (Å²) in [6, 6.07) is 10.5. The van der Waals surface area contributed by atoms with E-state index in [1.165, 1.54) is 6.08 Å². The largest absolute Gasteiger partial charge is 0.492 e. The van der Waals surface area contributed by atoms with E-state index in [0.29, 0.717) is 17.3 Å². The number of carbonyl (C=O) groups excluding carboxylic acids is 1. The SMILES string of the molecule is CCOc1c(I)cc(/C=C(/C#N)C(=O)Nc2cccc(Cl)c2Cl)cc1I. The van der Waals surface area contributed by atoms with Gasteiger partial charge in [-0.25, -0.2) is 0 Å². The molecule has 0 spiro atoms. The highest BCUT2D eigenvalue weighted by Crippen LogP contribution is 2.31. The first-order valence-electron chi connectivity index (χ1n) is 7.36. The molecule has 0 atom stereocenters. The minimum absolute atomic E-state index is 0.0446. The van der Waals surface area contributed by atoms with Crippen molar-refractivity contribution >= 4 is 86.1 Å². The molecule has 8 heteroatoms. The maximum atomic E-state index is 12.4. The summed E-state index contributed by atoms with van der Waals surface area (Å²) in [6.07, 6.45) is 1.52. The minimum Gasteiger partial charge on any atom is -0.492 e. The highest BCUT2D eigenvalue weighted by atomic mass is 127. The molecule has 2 aromatic carbocycles. The summed E-state index contributed by atoms with van der Waals surface area (Å²) in [5.41, 5.74) is 1.03. The van der Waals surface area contributed by atoms with Gasteiger partial charge in [0.05, 0.1) is 29.5 Å². The molecule has 2 rings (SSSR count). The number of amides is 1. The molecular formula is C18H12Cl2I2N2O2. The van der Waals surface area contributed by atoms with E-state index in [0.717, 1.165) is 18.5 Å². The first kappa shape index (κ1) is 21.3. The van der Waals surface area contributed by atoms with Crippen molar-refractivity contribution in [1.29, 1.82) is 5.26 Å². The maximum Gasteiger partial charge on any atom is 0.266 e. The second kappa shape index (κ2) is 9.78. The normalized spacial score (nSPS) is 11.0. The van der Waals surface area contributed by atoms with Crippen molar-refractivity contribution in [2.24, 2.45) is 0 Å². The van der Waals surface area contributed by atoms with E-state index in [4.69, 9.17) is 27.9 Å². The highest BCUT2D eigenvalue weighted by molar-refractivity contribution is 14.1. The Kier molecular flexibility index (Phi) is 8.01. The number of halogens is 4. The summed E-state index contributed by atoms with van der Waals surface area (Å²) in [7, 11) is 0. The monoisotopic (exact) mass is 612 g/mol. The van der Waals surface area contributed by atoms with Crippen LogP contribution in [-0.2, 0) is 4.79 Å². The van der Waals surface area contributed by atoms with Crippen LogP contribution >= 0.6 is 68.4 Å². The molecule has 0 saturated heterocycles. The van der Waals surface area contributed by atoms with Gasteiger partial charge in [-0.2, -0.15) is 5.26 Å². The summed E-state index contributed by atoms with van der Waals surface area (Å²) >= 11 is 16.3. The van der Waals surface area contributed by atoms with Gasteiger partial charge in [0.2, 0.25) is 0 Å². The topological polar surface area (TPSA) is 62.1 Å². The van der Waals surface area contributed by atoms with Crippen LogP contribution in [0.25, 0.3) is 6.08 Å². The van der Waals surface area contributed by atoms with E-state index in [1.807, 2.05) is 25.1 Å². The number of nitriles is 1. The smallest absolute Gasteiger partial charge is 0.266 e. The number of ether oxygens (including phenoxy) is 1. The van der Waals surface area contributed by atoms with Crippen LogP contribution in [-0.4, -0.2) is 12.5 Å². The van der Waals surface area contributed by atoms with Crippen LogP contribution in [0, 0.1) is 18.5 Å². The summed E-state index contributed by atoms with van der Waals surface area (Å²) in [5, 5.41) is 12.5. The van der Waals surface area contributed by atoms with Gasteiger partial charge in [-0.05, 0) is 88.0 Å². The Labute approximate surface area is 188 Å². The van der Waals surface area contributed by atoms with Crippen molar-refractivity contribution in [2.45, 2.75) is 6.92 Å². The van der Waals surface area contributed by atoms with Gasteiger partial charge in [0, 0.05) is 0 Å². The van der Waals surface area contributed by atoms with E-state index >= 15 is 0 Å². The standard InChI is InChI=1S/C18H12Cl2I2N2O2/c1-2-26-17-13(21)7-10(8-14(17)22)6-11(9-23)18(25)24-15-5-3-4-12(19)16(15)20/h3-8H,2H2,1H3,(H,24,25)/b11-6-. The van der Waals surface area contributed by atoms with E-state index in [1.54, 1.807) is 18.2 Å². The molecule has 0 aliphatic rings. The van der Waals surface area contributed by atoms with Gasteiger partial charge in [0.25, 0.3) is 5.91 Å². The fourth-order valence-corrected chi connectivity index (χ4v) is 4.53. The average Bonchev–Trinajstić information content (AvgIpc) is 2.60. The van der Waals surface area contributed by atoms with Crippen molar-refractivity contribution in [3.63, 3.8) is 0 Å². The van der Waals surface area contributed by atoms with Crippen LogP contribution in [0.15, 0.2) is 35.9 Å². The second-order valence-electron chi connectivity index (χ2n) is 4.97. The van der Waals surface area contributed by atoms with Crippen LogP contribution < -0.4 is 10.1 Å². The fourth-order valence-electron chi connectivity index (χ4n) is 2.05. The average molecular weight is 613 g/mol. The number of hydrogen-bond acceptors (Lipinski definition) is 3. The lowest BCUT2D eigenvalue weighted by atomic mass is 10.1. The number of benzene rings is 2. The van der Waals surface area contributed by atoms with Gasteiger partial charge in [0.1, 0.15) is 17.4 Å². The molecule has 0 saturated carbocycles. The number of rotatable bonds is 5. The summed E-state index contributed by atoms with van der Waals surface area (Å²) in [6.45, 7) is 2.48. The Hall–Kier alpha value is -1.02. The molecule has 0 radical (unpaired) electrons. The Morgan fingerprint density at radius 1 is 1.31 bits per heavy atom. The zero-order chi connectivity index (χ0) is 19.3. The van der Waals surface area contributed by atoms with Gasteiger partial charge in [-0.15, -0.1) is 0 Å². The molecule has 1 amide bonds. The maximum absolute atomic E-state index is 12.4. The van der Waals surface area contributed by atoms with Crippen molar-refractivity contribution in [2.75, 3.05) is 11.9 Å². The number of carbonyl (C=O) groups is 1. The molecule has 0 aliphatic heterocycles. The highest BCUT2D eigenvalue weighted by Gasteiger charge is 2.14. The quantitative estimate of drug-likeness (QED) is 0.250. The molecule has 1 N–H and O–H groups in total. The van der Waals surface area contributed by atoms with Crippen molar-refractivity contribution in [3.8, 4) is 11.8 Å². The molecular weight excluding hydrogens is 601 g/mol. The molecule has 0 aromatic heterocycles. The van der Waals surface area contributed by atoms with E-state index in [-0.39, 0.29) is 10.6 Å². The van der Waals surface area contributed by atoms with Crippen LogP contribution in [0.4, 0.5) is 5.69 Å². The van der Waals surface area contributed by atoms with Crippen molar-refractivity contribution < 1.29 is 9.53 Å². The van der Waals surface area contributed by atoms with Crippen LogP contribution in [0.2, 0.25) is 10.0 Å². The second-order valence-corrected chi connectivity index (χ2v) is 8.08. The predicted molar refractivity (Wildman–Crippen MR) is 122 cm³/mol. The van der Waals surface area contributed by atoms with Crippen LogP contribution in [0.1, 0.15) is 12.5 Å². The van der Waals surface area contributed by atoms with E-state index in [2.05, 4.69) is 50.5 Å². The van der Waals surface area contributed by atoms with Crippen LogP contribution in [0.5, 0.6) is 5.75 Å². The number of hydrogen-bond donors (Lipinski definition) is 1. The summed E-state index contributed by atoms with van der Waals surface area (Å²) in [5.74, 6) is 0.232. The molecule has 0 aliphatic carbocycles. The zero-order valence-electron chi connectivity index (χ0n) is 13.4. The summed E-state index contributed by atoms with van der Waals surface area (Å²) in [4.78, 5) is 12.4. The number of nitrogens with one attached hydrogen (secondary N) is 1. The lowest BCUT2D eigenvalue weighted by Crippen LogP contribution is -2.13. The first-order chi connectivity index (χ1) is 12.4. The number of nitrogens with zero attached hydrogens (tertiary/aromatic N) is 1. The lowest BCUT2D eigenvalue weighted by Gasteiger charge is -2.10. The Balaban J connectivity index is 2.31. The minimum atomic E-state index is -0.560. The van der Waals surface area contributed by atoms with E-state index in [9.17, 15) is 10.1 Å². The van der Waals surface area contributed by atoms with Crippen LogP contribution in [0.3, 0.4) is 0 Å². The van der Waals surface area contributed by atoms with Gasteiger partial charge in [-0.1, -0.05) is 29.3 Å². The van der Waals surface area contributed by atoms with Crippen molar-refractivity contribution in [3.05, 3.63) is 58.7 Å². The molecule has 0 unspecified atom stereocenters. The van der Waals surface area contributed by atoms with Crippen molar-refractivity contribution in [1.82, 2.24) is 0 Å². The van der Waals surface area contributed by atoms with Gasteiger partial charge in [-0.3, -0.25) is 4.79 Å². The molecule has 4 nitrogen and oxygen atoms in total. The zero-order valence-corrected chi connectivity index (χ0v) is 19.3. The molecule has 2 aromatic rings. The predicted octanol–water partition coefficient (Wildman–Crippen LogP) is 6.15. The third kappa shape index (κ3) is 5.25. The Morgan fingerprint density at radius 2 is 1.96 bits per heavy atom. The fraction of sp³-hybridized carbons (Fsp3) is 0.111. The number of anilines is 1. The molecule has 0 heterocycles. The van der Waals surface area contributed by atoms with Gasteiger partial charge < -0.3 is 10.1 Å². The van der Waals surface area contributed by atoms with Gasteiger partial charge in [0.15, 0.2) is 0 Å². The molecule has 134 valence electrons. The third-order valence-electron chi connectivity index (χ3n) is 3.19. The molecule has 26 heavy (non-hydrogen) atoms. The Morgan fingerprint density at radius 3 is 2.54 bits per heavy atom. The molecule has 0 bridgehead atoms. The first-order valence-corrected chi connectivity index (χ1v) is 10.3. The third-order valence-corrected chi connectivity index (χ3v) is 5.61.